The summed E-state index contributed by atoms with van der Waals surface area (Å²) in [6, 6.07) is 1.81. The number of nitrogens with zero attached hydrogens (tertiary/aromatic N) is 3. The maximum atomic E-state index is 11.8. The van der Waals surface area contributed by atoms with Crippen LogP contribution in [0, 0.1) is 9.62 Å². The number of imidazole rings is 1. The normalized spacial score (nSPS) is 16.1. The van der Waals surface area contributed by atoms with Crippen LogP contribution in [-0.2, 0) is 4.74 Å². The van der Waals surface area contributed by atoms with Gasteiger partial charge in [-0.05, 0) is 63.3 Å². The molecule has 2 aromatic heterocycles. The lowest BCUT2D eigenvalue weighted by Crippen LogP contribution is -2.36. The fraction of sp³-hybridized carbons (Fsp3) is 0.429. The predicted octanol–water partition coefficient (Wildman–Crippen LogP) is 3.61. The number of carbonyl (C=O) groups is 1. The Morgan fingerprint density at radius 1 is 1.55 bits per heavy atom. The molecule has 0 bridgehead atoms. The third-order valence-electron chi connectivity index (χ3n) is 3.81. The zero-order chi connectivity index (χ0) is 15.7. The first-order valence-electron chi connectivity index (χ1n) is 6.96. The quantitative estimate of drug-likeness (QED) is 0.683. The van der Waals surface area contributed by atoms with Crippen molar-refractivity contribution < 1.29 is 14.6 Å². The van der Waals surface area contributed by atoms with Crippen LogP contribution in [0.15, 0.2) is 22.9 Å². The van der Waals surface area contributed by atoms with Crippen LogP contribution in [0.4, 0.5) is 10.5 Å². The molecule has 1 saturated heterocycles. The fourth-order valence-electron chi connectivity index (χ4n) is 2.67. The minimum Gasteiger partial charge on any atom is -0.465 e. The highest BCUT2D eigenvalue weighted by atomic mass is 127. The molecular formula is C14H15BrIN3O3. The number of pyridine rings is 1. The molecule has 3 heterocycles. The number of carboxylic acid groups (broad SMARTS) is 1. The molecular weight excluding hydrogens is 465 g/mol. The van der Waals surface area contributed by atoms with E-state index in [1.54, 1.807) is 6.20 Å². The molecule has 1 fully saturated rings. The van der Waals surface area contributed by atoms with Gasteiger partial charge in [-0.25, -0.2) is 9.78 Å². The Labute approximate surface area is 149 Å². The monoisotopic (exact) mass is 479 g/mol. The minimum absolute atomic E-state index is 0.318. The summed E-state index contributed by atoms with van der Waals surface area (Å²) < 4.78 is 9.00. The van der Waals surface area contributed by atoms with E-state index in [0.29, 0.717) is 37.0 Å². The van der Waals surface area contributed by atoms with Crippen molar-refractivity contribution in [2.75, 3.05) is 24.7 Å². The highest BCUT2D eigenvalue weighted by Crippen LogP contribution is 2.29. The molecule has 1 N–H and O–H groups in total. The number of hydrogen-bond donors (Lipinski definition) is 1. The van der Waals surface area contributed by atoms with Gasteiger partial charge in [-0.15, -0.1) is 0 Å². The zero-order valence-electron chi connectivity index (χ0n) is 11.7. The second-order valence-electron chi connectivity index (χ2n) is 5.27. The van der Waals surface area contributed by atoms with Crippen LogP contribution in [0.1, 0.15) is 12.8 Å². The van der Waals surface area contributed by atoms with E-state index in [1.165, 1.54) is 4.90 Å². The first-order chi connectivity index (χ1) is 10.6. The number of ether oxygens (including phenoxy) is 1. The Kier molecular flexibility index (Phi) is 4.88. The van der Waals surface area contributed by atoms with Crippen LogP contribution in [0.5, 0.6) is 0 Å². The lowest BCUT2D eigenvalue weighted by atomic mass is 9.99. The van der Waals surface area contributed by atoms with Crippen molar-refractivity contribution in [3.05, 3.63) is 26.6 Å². The average molecular weight is 480 g/mol. The summed E-state index contributed by atoms with van der Waals surface area (Å²) in [5.41, 5.74) is 1.26. The number of hydrogen-bond acceptors (Lipinski definition) is 3. The Bertz CT molecular complexity index is 700. The molecule has 0 atom stereocenters. The van der Waals surface area contributed by atoms with Gasteiger partial charge in [-0.3, -0.25) is 9.30 Å². The highest BCUT2D eigenvalue weighted by molar-refractivity contribution is 14.1. The van der Waals surface area contributed by atoms with Gasteiger partial charge in [0.15, 0.2) is 5.65 Å². The second kappa shape index (κ2) is 6.71. The standard InChI is InChI=1S/C14H15BrIN3O3/c15-10-5-11(13-17-6-12(16)19(13)8-10)18(14(20)21)7-9-1-3-22-4-2-9/h5-6,8-9H,1-4,7H2,(H,20,21). The molecule has 2 aromatic rings. The summed E-state index contributed by atoms with van der Waals surface area (Å²) in [6.45, 7) is 1.87. The van der Waals surface area contributed by atoms with Gasteiger partial charge in [-0.2, -0.15) is 0 Å². The van der Waals surface area contributed by atoms with Gasteiger partial charge in [-0.1, -0.05) is 0 Å². The van der Waals surface area contributed by atoms with E-state index in [0.717, 1.165) is 21.0 Å². The van der Waals surface area contributed by atoms with E-state index >= 15 is 0 Å². The van der Waals surface area contributed by atoms with E-state index in [9.17, 15) is 9.90 Å². The minimum atomic E-state index is -0.954. The van der Waals surface area contributed by atoms with Crippen molar-refractivity contribution in [3.63, 3.8) is 0 Å². The second-order valence-corrected chi connectivity index (χ2v) is 7.29. The van der Waals surface area contributed by atoms with Gasteiger partial charge in [0.1, 0.15) is 3.70 Å². The van der Waals surface area contributed by atoms with Crippen molar-refractivity contribution in [2.24, 2.45) is 5.92 Å². The lowest BCUT2D eigenvalue weighted by molar-refractivity contribution is 0.0680. The summed E-state index contributed by atoms with van der Waals surface area (Å²) in [5, 5.41) is 9.65. The van der Waals surface area contributed by atoms with Gasteiger partial charge in [0.05, 0.1) is 11.9 Å². The summed E-state index contributed by atoms with van der Waals surface area (Å²) in [7, 11) is 0. The number of aromatic nitrogens is 2. The number of amides is 1. The van der Waals surface area contributed by atoms with E-state index in [2.05, 4.69) is 43.5 Å². The third-order valence-corrected chi connectivity index (χ3v) is 5.04. The van der Waals surface area contributed by atoms with Crippen molar-refractivity contribution in [2.45, 2.75) is 12.8 Å². The number of anilines is 1. The van der Waals surface area contributed by atoms with E-state index in [4.69, 9.17) is 4.74 Å². The van der Waals surface area contributed by atoms with Gasteiger partial charge >= 0.3 is 6.09 Å². The summed E-state index contributed by atoms with van der Waals surface area (Å²) in [5.74, 6) is 0.318. The molecule has 6 nitrogen and oxygen atoms in total. The van der Waals surface area contributed by atoms with Crippen molar-refractivity contribution in [1.82, 2.24) is 9.38 Å². The molecule has 0 unspecified atom stereocenters. The molecule has 0 aliphatic carbocycles. The van der Waals surface area contributed by atoms with Gasteiger partial charge < -0.3 is 9.84 Å². The maximum Gasteiger partial charge on any atom is 0.411 e. The fourth-order valence-corrected chi connectivity index (χ4v) is 3.60. The highest BCUT2D eigenvalue weighted by Gasteiger charge is 2.25. The van der Waals surface area contributed by atoms with E-state index < -0.39 is 6.09 Å². The first kappa shape index (κ1) is 16.0. The van der Waals surface area contributed by atoms with E-state index in [1.807, 2.05) is 16.7 Å². The Balaban J connectivity index is 1.99. The van der Waals surface area contributed by atoms with Crippen molar-refractivity contribution >= 4 is 55.9 Å². The number of halogens is 2. The van der Waals surface area contributed by atoms with Crippen molar-refractivity contribution in [3.8, 4) is 0 Å². The maximum absolute atomic E-state index is 11.8. The van der Waals surface area contributed by atoms with Crippen LogP contribution < -0.4 is 4.90 Å². The molecule has 3 rings (SSSR count). The third kappa shape index (κ3) is 3.23. The molecule has 0 radical (unpaired) electrons. The topological polar surface area (TPSA) is 67.1 Å². The molecule has 22 heavy (non-hydrogen) atoms. The SMILES string of the molecule is O=C(O)N(CC1CCOCC1)c1cc(Br)cn2c(I)cnc12. The Morgan fingerprint density at radius 3 is 2.95 bits per heavy atom. The van der Waals surface area contributed by atoms with Crippen LogP contribution >= 0.6 is 38.5 Å². The molecule has 1 aliphatic heterocycles. The molecule has 1 amide bonds. The van der Waals surface area contributed by atoms with Gasteiger partial charge in [0.25, 0.3) is 0 Å². The van der Waals surface area contributed by atoms with Crippen LogP contribution in [0.3, 0.4) is 0 Å². The zero-order valence-corrected chi connectivity index (χ0v) is 15.4. The van der Waals surface area contributed by atoms with Gasteiger partial charge in [0, 0.05) is 30.4 Å². The summed E-state index contributed by atoms with van der Waals surface area (Å²) in [4.78, 5) is 17.5. The number of rotatable bonds is 3. The van der Waals surface area contributed by atoms with Crippen LogP contribution in [-0.4, -0.2) is 40.3 Å². The largest absolute Gasteiger partial charge is 0.465 e. The molecule has 0 aromatic carbocycles. The van der Waals surface area contributed by atoms with E-state index in [-0.39, 0.29) is 0 Å². The molecule has 0 saturated carbocycles. The average Bonchev–Trinajstić information content (AvgIpc) is 2.86. The van der Waals surface area contributed by atoms with Gasteiger partial charge in [0.2, 0.25) is 0 Å². The molecule has 1 aliphatic rings. The summed E-state index contributed by atoms with van der Waals surface area (Å²) >= 11 is 5.63. The molecule has 118 valence electrons. The van der Waals surface area contributed by atoms with Crippen LogP contribution in [0.25, 0.3) is 5.65 Å². The first-order valence-corrected chi connectivity index (χ1v) is 8.83. The van der Waals surface area contributed by atoms with Crippen LogP contribution in [0.2, 0.25) is 0 Å². The number of fused-ring (bicyclic) bond motifs is 1. The lowest BCUT2D eigenvalue weighted by Gasteiger charge is -2.28. The predicted molar refractivity (Wildman–Crippen MR) is 94.5 cm³/mol. The summed E-state index contributed by atoms with van der Waals surface area (Å²) in [6.07, 6.45) is 4.45. The van der Waals surface area contributed by atoms with Crippen molar-refractivity contribution in [1.29, 1.82) is 0 Å². The molecule has 8 heteroatoms. The smallest absolute Gasteiger partial charge is 0.411 e. The Morgan fingerprint density at radius 2 is 2.27 bits per heavy atom. The Hall–Kier alpha value is -0.870. The molecule has 0 spiro atoms.